The number of piperazine rings is 1. The first kappa shape index (κ1) is 23.8. The van der Waals surface area contributed by atoms with Crippen LogP contribution in [0, 0.1) is 6.92 Å². The third kappa shape index (κ3) is 5.07. The van der Waals surface area contributed by atoms with E-state index < -0.39 is 11.1 Å². The maximum Gasteiger partial charge on any atom is 0.317 e. The number of aromatic nitrogens is 2. The van der Waals surface area contributed by atoms with Crippen molar-refractivity contribution in [2.75, 3.05) is 37.6 Å². The molecule has 2 aromatic carbocycles. The molecule has 1 N–H and O–H groups in total. The van der Waals surface area contributed by atoms with Crippen molar-refractivity contribution in [2.24, 2.45) is 7.05 Å². The second-order valence-corrected chi connectivity index (χ2v) is 9.13. The second-order valence-electron chi connectivity index (χ2n) is 9.13. The van der Waals surface area contributed by atoms with Gasteiger partial charge in [0.1, 0.15) is 6.54 Å². The molecular formula is C26H33N5O3. The predicted octanol–water partition coefficient (Wildman–Crippen LogP) is 1.73. The quantitative estimate of drug-likeness (QED) is 0.426. The van der Waals surface area contributed by atoms with E-state index in [1.54, 1.807) is 31.3 Å². The number of aryl methyl sites for hydroxylation is 2. The van der Waals surface area contributed by atoms with Crippen LogP contribution in [0.5, 0.6) is 0 Å². The zero-order valence-corrected chi connectivity index (χ0v) is 20.2. The van der Waals surface area contributed by atoms with Gasteiger partial charge < -0.3 is 14.8 Å². The first-order valence-electron chi connectivity index (χ1n) is 11.9. The minimum absolute atomic E-state index is 0.165. The highest BCUT2D eigenvalue weighted by Crippen LogP contribution is 2.21. The van der Waals surface area contributed by atoms with E-state index in [2.05, 4.69) is 53.2 Å². The lowest BCUT2D eigenvalue weighted by molar-refractivity contribution is -0.121. The minimum atomic E-state index is -0.684. The van der Waals surface area contributed by atoms with Crippen molar-refractivity contribution in [3.63, 3.8) is 0 Å². The minimum Gasteiger partial charge on any atom is -0.366 e. The maximum atomic E-state index is 12.5. The Labute approximate surface area is 199 Å². The van der Waals surface area contributed by atoms with E-state index in [1.807, 2.05) is 0 Å². The van der Waals surface area contributed by atoms with Gasteiger partial charge in [0.05, 0.1) is 11.0 Å². The van der Waals surface area contributed by atoms with E-state index in [4.69, 9.17) is 0 Å². The molecule has 0 bridgehead atoms. The number of carbonyl (C=O) groups is 1. The van der Waals surface area contributed by atoms with Gasteiger partial charge in [-0.1, -0.05) is 24.3 Å². The molecule has 8 heteroatoms. The van der Waals surface area contributed by atoms with Crippen LogP contribution in [0.25, 0.3) is 11.0 Å². The fourth-order valence-corrected chi connectivity index (χ4v) is 4.77. The normalized spacial score (nSPS) is 16.7. The molecule has 0 aliphatic carbocycles. The van der Waals surface area contributed by atoms with Crippen LogP contribution in [0.2, 0.25) is 0 Å². The summed E-state index contributed by atoms with van der Waals surface area (Å²) in [7, 11) is 1.57. The molecule has 8 nitrogen and oxygen atoms in total. The van der Waals surface area contributed by atoms with Gasteiger partial charge in [0.25, 0.3) is 0 Å². The third-order valence-corrected chi connectivity index (χ3v) is 6.59. The summed E-state index contributed by atoms with van der Waals surface area (Å²) in [6.45, 7) is 8.59. The zero-order chi connectivity index (χ0) is 24.2. The summed E-state index contributed by atoms with van der Waals surface area (Å²) in [6.07, 6.45) is 0.828. The summed E-state index contributed by atoms with van der Waals surface area (Å²) in [6, 6.07) is 16.2. The SMILES string of the molecule is Cc1cccc(N2CCN(CCCNC(=O)Cn3c(=O)c(=O)n(C)c4ccccc43)C[C@@H]2C)c1. The molecule has 34 heavy (non-hydrogen) atoms. The average Bonchev–Trinajstić information content (AvgIpc) is 2.83. The highest BCUT2D eigenvalue weighted by atomic mass is 16.2. The molecule has 1 atom stereocenters. The van der Waals surface area contributed by atoms with Crippen molar-refractivity contribution in [3.8, 4) is 0 Å². The van der Waals surface area contributed by atoms with Crippen LogP contribution in [0.15, 0.2) is 58.1 Å². The molecule has 1 aliphatic rings. The number of fused-ring (bicyclic) bond motifs is 1. The lowest BCUT2D eigenvalue weighted by Crippen LogP contribution is -2.52. The fraction of sp³-hybridized carbons (Fsp3) is 0.423. The van der Waals surface area contributed by atoms with Gasteiger partial charge in [0.2, 0.25) is 5.91 Å². The summed E-state index contributed by atoms with van der Waals surface area (Å²) in [5.74, 6) is -0.266. The number of anilines is 1. The number of para-hydroxylation sites is 2. The van der Waals surface area contributed by atoms with Crippen LogP contribution >= 0.6 is 0 Å². The van der Waals surface area contributed by atoms with E-state index in [9.17, 15) is 14.4 Å². The number of hydrogen-bond donors (Lipinski definition) is 1. The van der Waals surface area contributed by atoms with Crippen LogP contribution in [0.4, 0.5) is 5.69 Å². The molecule has 0 spiro atoms. The number of carbonyl (C=O) groups excluding carboxylic acids is 1. The number of hydrogen-bond acceptors (Lipinski definition) is 5. The highest BCUT2D eigenvalue weighted by Gasteiger charge is 2.23. The molecule has 1 fully saturated rings. The highest BCUT2D eigenvalue weighted by molar-refractivity contribution is 5.80. The van der Waals surface area contributed by atoms with Crippen molar-refractivity contribution in [1.82, 2.24) is 19.4 Å². The van der Waals surface area contributed by atoms with Gasteiger partial charge >= 0.3 is 11.1 Å². The van der Waals surface area contributed by atoms with Gasteiger partial charge in [-0.05, 0) is 56.6 Å². The summed E-state index contributed by atoms with van der Waals surface area (Å²) in [4.78, 5) is 42.2. The molecule has 1 amide bonds. The van der Waals surface area contributed by atoms with E-state index in [0.29, 0.717) is 23.6 Å². The molecule has 0 radical (unpaired) electrons. The Kier molecular flexibility index (Phi) is 7.17. The van der Waals surface area contributed by atoms with E-state index >= 15 is 0 Å². The monoisotopic (exact) mass is 463 g/mol. The van der Waals surface area contributed by atoms with Crippen LogP contribution in [0.3, 0.4) is 0 Å². The van der Waals surface area contributed by atoms with Crippen molar-refractivity contribution in [2.45, 2.75) is 32.9 Å². The summed E-state index contributed by atoms with van der Waals surface area (Å²) in [5.41, 5.74) is 2.43. The van der Waals surface area contributed by atoms with Crippen LogP contribution in [-0.2, 0) is 18.4 Å². The topological polar surface area (TPSA) is 79.6 Å². The maximum absolute atomic E-state index is 12.5. The lowest BCUT2D eigenvalue weighted by Gasteiger charge is -2.41. The van der Waals surface area contributed by atoms with E-state index in [0.717, 1.165) is 32.6 Å². The van der Waals surface area contributed by atoms with Crippen LogP contribution in [0.1, 0.15) is 18.9 Å². The summed E-state index contributed by atoms with van der Waals surface area (Å²) in [5, 5.41) is 2.90. The lowest BCUT2D eigenvalue weighted by atomic mass is 10.1. The van der Waals surface area contributed by atoms with Gasteiger partial charge in [-0.25, -0.2) is 0 Å². The Morgan fingerprint density at radius 2 is 1.79 bits per heavy atom. The first-order chi connectivity index (χ1) is 16.3. The Morgan fingerprint density at radius 1 is 1.03 bits per heavy atom. The van der Waals surface area contributed by atoms with Crippen molar-refractivity contribution in [1.29, 1.82) is 0 Å². The molecule has 2 heterocycles. The number of nitrogens with one attached hydrogen (secondary N) is 1. The summed E-state index contributed by atoms with van der Waals surface area (Å²) < 4.78 is 2.59. The molecule has 180 valence electrons. The van der Waals surface area contributed by atoms with Crippen LogP contribution < -0.4 is 21.3 Å². The molecule has 4 rings (SSSR count). The molecular weight excluding hydrogens is 430 g/mol. The standard InChI is InChI=1S/C26H33N5O3/c1-19-8-6-9-21(16-19)30-15-14-29(17-20(30)2)13-7-12-27-24(32)18-31-23-11-5-4-10-22(23)28(3)25(33)26(31)34/h4-6,8-11,16,20H,7,12-15,17-18H2,1-3H3,(H,27,32)/t20-/m0/s1. The van der Waals surface area contributed by atoms with Gasteiger partial charge in [-0.3, -0.25) is 23.9 Å². The van der Waals surface area contributed by atoms with Gasteiger partial charge in [-0.15, -0.1) is 0 Å². The van der Waals surface area contributed by atoms with Gasteiger partial charge in [-0.2, -0.15) is 0 Å². The molecule has 0 unspecified atom stereocenters. The van der Waals surface area contributed by atoms with E-state index in [1.165, 1.54) is 20.4 Å². The second kappa shape index (κ2) is 10.3. The molecule has 3 aromatic rings. The van der Waals surface area contributed by atoms with Crippen molar-refractivity contribution < 1.29 is 4.79 Å². The van der Waals surface area contributed by atoms with Crippen molar-refractivity contribution in [3.05, 3.63) is 74.8 Å². The zero-order valence-electron chi connectivity index (χ0n) is 20.2. The Bertz CT molecular complexity index is 1300. The van der Waals surface area contributed by atoms with Gasteiger partial charge in [0, 0.05) is 45.0 Å². The molecule has 1 saturated heterocycles. The largest absolute Gasteiger partial charge is 0.366 e. The number of rotatable bonds is 7. The fourth-order valence-electron chi connectivity index (χ4n) is 4.77. The average molecular weight is 464 g/mol. The van der Waals surface area contributed by atoms with Gasteiger partial charge in [0.15, 0.2) is 0 Å². The smallest absolute Gasteiger partial charge is 0.317 e. The molecule has 1 aliphatic heterocycles. The summed E-state index contributed by atoms with van der Waals surface area (Å²) >= 11 is 0. The molecule has 1 aromatic heterocycles. The first-order valence-corrected chi connectivity index (χ1v) is 11.9. The number of benzene rings is 2. The Morgan fingerprint density at radius 3 is 2.53 bits per heavy atom. The number of amides is 1. The predicted molar refractivity (Wildman–Crippen MR) is 136 cm³/mol. The Balaban J connectivity index is 1.27. The van der Waals surface area contributed by atoms with E-state index in [-0.39, 0.29) is 12.5 Å². The van der Waals surface area contributed by atoms with Crippen LogP contribution in [-0.4, -0.2) is 58.7 Å². The Hall–Kier alpha value is -3.39. The molecule has 0 saturated carbocycles. The van der Waals surface area contributed by atoms with Crippen molar-refractivity contribution >= 4 is 22.6 Å². The third-order valence-electron chi connectivity index (χ3n) is 6.59. The number of nitrogens with zero attached hydrogens (tertiary/aromatic N) is 4.